The third-order valence-electron chi connectivity index (χ3n) is 10.9. The maximum atomic E-state index is 12.9. The molecular formula is C46H64Cl2N10O6. The summed E-state index contributed by atoms with van der Waals surface area (Å²) in [6.07, 6.45) is 11.2. The minimum atomic E-state index is -0.376. The maximum Gasteiger partial charge on any atom is 0.311 e. The van der Waals surface area contributed by atoms with Crippen molar-refractivity contribution in [2.45, 2.75) is 113 Å². The van der Waals surface area contributed by atoms with Crippen LogP contribution in [0.25, 0.3) is 34.1 Å². The van der Waals surface area contributed by atoms with Crippen LogP contribution < -0.4 is 10.6 Å². The zero-order chi connectivity index (χ0) is 46.0. The van der Waals surface area contributed by atoms with E-state index in [-0.39, 0.29) is 44.9 Å². The zero-order valence-corrected chi connectivity index (χ0v) is 39.7. The number of unbranched alkanes of at least 4 members (excludes halogenated alkanes) is 1. The molecule has 18 heteroatoms. The molecule has 0 saturated carbocycles. The number of carbonyl (C=O) groups excluding carboxylic acids is 2. The van der Waals surface area contributed by atoms with E-state index in [1.165, 1.54) is 45.4 Å². The first kappa shape index (κ1) is 49.8. The molecule has 4 heterocycles. The third kappa shape index (κ3) is 15.0. The van der Waals surface area contributed by atoms with Crippen LogP contribution in [-0.4, -0.2) is 78.6 Å². The molecule has 16 nitrogen and oxygen atoms in total. The van der Waals surface area contributed by atoms with E-state index in [2.05, 4.69) is 73.4 Å². The fourth-order valence-electron chi connectivity index (χ4n) is 7.25. The van der Waals surface area contributed by atoms with Crippen molar-refractivity contribution in [3.8, 4) is 22.8 Å². The molecule has 0 bridgehead atoms. The molecule has 6 rings (SSSR count). The summed E-state index contributed by atoms with van der Waals surface area (Å²) in [6.45, 7) is 14.5. The molecule has 0 aliphatic rings. The highest BCUT2D eigenvalue weighted by molar-refractivity contribution is 6.34. The summed E-state index contributed by atoms with van der Waals surface area (Å²) in [7, 11) is 0. The van der Waals surface area contributed by atoms with Gasteiger partial charge in [0.1, 0.15) is 23.5 Å². The molecule has 4 N–H and O–H groups in total. The van der Waals surface area contributed by atoms with Crippen LogP contribution >= 0.6 is 23.2 Å². The summed E-state index contributed by atoms with van der Waals surface area (Å²) >= 11 is 12.4. The number of aromatic nitrogens is 8. The fourth-order valence-corrected chi connectivity index (χ4v) is 7.58. The van der Waals surface area contributed by atoms with Crippen molar-refractivity contribution in [3.05, 3.63) is 70.0 Å². The number of rotatable bonds is 25. The second-order valence-corrected chi connectivity index (χ2v) is 17.1. The van der Waals surface area contributed by atoms with E-state index in [4.69, 9.17) is 37.4 Å². The summed E-state index contributed by atoms with van der Waals surface area (Å²) in [5, 5.41) is 22.3. The van der Waals surface area contributed by atoms with Crippen LogP contribution in [0, 0.1) is 31.6 Å². The molecule has 0 fully saturated rings. The molecule has 0 spiro atoms. The molecule has 2 aromatic carbocycles. The quantitative estimate of drug-likeness (QED) is 0.0242. The van der Waals surface area contributed by atoms with Gasteiger partial charge in [-0.25, -0.2) is 9.97 Å². The van der Waals surface area contributed by atoms with E-state index in [9.17, 15) is 9.59 Å². The number of hydrogen-bond donors (Lipinski definition) is 4. The van der Waals surface area contributed by atoms with Crippen molar-refractivity contribution in [1.82, 2.24) is 39.6 Å². The Morgan fingerprint density at radius 2 is 1.11 bits per heavy atom. The van der Waals surface area contributed by atoms with Crippen LogP contribution in [0.15, 0.2) is 48.5 Å². The molecule has 0 radical (unpaired) electrons. The third-order valence-corrected chi connectivity index (χ3v) is 11.8. The Morgan fingerprint density at radius 3 is 1.56 bits per heavy atom. The predicted molar refractivity (Wildman–Crippen MR) is 251 cm³/mol. The Labute approximate surface area is 385 Å². The minimum absolute atomic E-state index is 0.0488. The number of benzene rings is 2. The number of esters is 2. The van der Waals surface area contributed by atoms with Gasteiger partial charge in [-0.2, -0.15) is 9.26 Å². The van der Waals surface area contributed by atoms with Gasteiger partial charge in [-0.05, 0) is 93.5 Å². The van der Waals surface area contributed by atoms with E-state index in [0.717, 1.165) is 65.5 Å². The van der Waals surface area contributed by atoms with Gasteiger partial charge in [0.2, 0.25) is 0 Å². The van der Waals surface area contributed by atoms with Gasteiger partial charge in [-0.15, -0.1) is 10.2 Å². The SMILES string of the molecule is CC(=O)OCOCNc1ccc(-c2nc3c(Cl)c(C)[nH]n3n2)cc1.CCCC(C)CCCCC(CCC(C)CCC)C(=O)OCOCNc1ccc(-c2nc3c(Cl)c(C)[nH]n3n2)cc1. The van der Waals surface area contributed by atoms with Crippen LogP contribution in [0.2, 0.25) is 10.0 Å². The van der Waals surface area contributed by atoms with Crippen LogP contribution in [0.5, 0.6) is 0 Å². The van der Waals surface area contributed by atoms with Gasteiger partial charge >= 0.3 is 11.9 Å². The minimum Gasteiger partial charge on any atom is -0.439 e. The van der Waals surface area contributed by atoms with E-state index in [1.807, 2.05) is 62.4 Å². The van der Waals surface area contributed by atoms with Crippen LogP contribution in [0.1, 0.15) is 110 Å². The van der Waals surface area contributed by atoms with E-state index >= 15 is 0 Å². The lowest BCUT2D eigenvalue weighted by molar-refractivity contribution is -0.161. The summed E-state index contributed by atoms with van der Waals surface area (Å²) in [6, 6.07) is 15.3. The number of fused-ring (bicyclic) bond motifs is 2. The first-order valence-electron chi connectivity index (χ1n) is 22.2. The number of H-pyrrole nitrogens is 2. The van der Waals surface area contributed by atoms with Crippen molar-refractivity contribution < 1.29 is 28.5 Å². The van der Waals surface area contributed by atoms with Crippen molar-refractivity contribution in [2.75, 3.05) is 37.7 Å². The number of aromatic amines is 2. The number of ether oxygens (including phenoxy) is 4. The first-order valence-corrected chi connectivity index (χ1v) is 23.0. The average molecular weight is 924 g/mol. The van der Waals surface area contributed by atoms with Gasteiger partial charge in [-0.1, -0.05) is 95.8 Å². The molecular weight excluding hydrogens is 859 g/mol. The smallest absolute Gasteiger partial charge is 0.311 e. The second kappa shape index (κ2) is 25.4. The topological polar surface area (TPSA) is 187 Å². The Bertz CT molecular complexity index is 2340. The van der Waals surface area contributed by atoms with Gasteiger partial charge in [0, 0.05) is 29.4 Å². The van der Waals surface area contributed by atoms with Crippen LogP contribution in [0.3, 0.4) is 0 Å². The average Bonchev–Trinajstić information content (AvgIpc) is 4.02. The van der Waals surface area contributed by atoms with Gasteiger partial charge in [0.05, 0.1) is 17.3 Å². The highest BCUT2D eigenvalue weighted by Gasteiger charge is 2.21. The van der Waals surface area contributed by atoms with E-state index in [1.54, 1.807) is 9.26 Å². The number of nitrogens with one attached hydrogen (secondary N) is 4. The zero-order valence-electron chi connectivity index (χ0n) is 38.1. The number of hydrogen-bond acceptors (Lipinski definition) is 12. The summed E-state index contributed by atoms with van der Waals surface area (Å²) < 4.78 is 24.0. The summed E-state index contributed by atoms with van der Waals surface area (Å²) in [4.78, 5) is 32.4. The molecule has 3 atom stereocenters. The molecule has 0 aliphatic carbocycles. The Morgan fingerprint density at radius 1 is 0.656 bits per heavy atom. The van der Waals surface area contributed by atoms with Crippen molar-refractivity contribution >= 4 is 57.8 Å². The predicted octanol–water partition coefficient (Wildman–Crippen LogP) is 11.0. The Balaban J connectivity index is 0.000000272. The number of carbonyl (C=O) groups is 2. The van der Waals surface area contributed by atoms with Crippen LogP contribution in [0.4, 0.5) is 11.4 Å². The summed E-state index contributed by atoms with van der Waals surface area (Å²) in [5.74, 6) is 2.02. The van der Waals surface area contributed by atoms with Gasteiger partial charge in [0.15, 0.2) is 36.5 Å². The van der Waals surface area contributed by atoms with Gasteiger partial charge in [0.25, 0.3) is 0 Å². The highest BCUT2D eigenvalue weighted by Crippen LogP contribution is 2.27. The molecule has 64 heavy (non-hydrogen) atoms. The number of halogens is 2. The standard InChI is InChI=1S/C31H48ClN5O3.C15H16ClN5O3/c1-6-10-22(3)12-8-9-13-26(15-14-23(4)11-7-2)31(38)40-21-39-20-33-27-18-16-25(17-19-27)29-34-30-28(32)24(5)35-37(30)36-29;1-9-13(16)15-18-14(20-21(15)19-9)11-3-5-12(6-4-11)17-7-23-8-24-10(2)22/h16-19,22-23,26,33,35H,6-15,20-21H2,1-5H3;3-6,17,19H,7-8H2,1-2H3. The molecule has 348 valence electrons. The molecule has 0 aliphatic heterocycles. The number of aryl methyl sites for hydroxylation is 2. The lowest BCUT2D eigenvalue weighted by atomic mass is 9.90. The number of nitrogens with zero attached hydrogens (tertiary/aromatic N) is 6. The van der Waals surface area contributed by atoms with Crippen molar-refractivity contribution in [3.63, 3.8) is 0 Å². The summed E-state index contributed by atoms with van der Waals surface area (Å²) in [5.41, 5.74) is 6.36. The lowest BCUT2D eigenvalue weighted by Crippen LogP contribution is -2.21. The molecule has 6 aromatic rings. The van der Waals surface area contributed by atoms with Crippen LogP contribution in [-0.2, 0) is 28.5 Å². The first-order chi connectivity index (χ1) is 30.9. The molecule has 4 aromatic heterocycles. The number of anilines is 2. The monoisotopic (exact) mass is 922 g/mol. The largest absolute Gasteiger partial charge is 0.439 e. The second-order valence-electron chi connectivity index (χ2n) is 16.3. The molecule has 0 saturated heterocycles. The normalized spacial score (nSPS) is 12.8. The lowest BCUT2D eigenvalue weighted by Gasteiger charge is -2.19. The Kier molecular flexibility index (Phi) is 19.8. The van der Waals surface area contributed by atoms with Gasteiger partial charge in [-0.3, -0.25) is 19.8 Å². The van der Waals surface area contributed by atoms with Crippen molar-refractivity contribution in [1.29, 1.82) is 0 Å². The van der Waals surface area contributed by atoms with Crippen molar-refractivity contribution in [2.24, 2.45) is 17.8 Å². The van der Waals surface area contributed by atoms with E-state index in [0.29, 0.717) is 38.9 Å². The molecule has 3 unspecified atom stereocenters. The van der Waals surface area contributed by atoms with Gasteiger partial charge < -0.3 is 29.6 Å². The fraction of sp³-hybridized carbons (Fsp3) is 0.522. The highest BCUT2D eigenvalue weighted by atomic mass is 35.5. The maximum absolute atomic E-state index is 12.9. The Hall–Kier alpha value is -5.16. The van der Waals surface area contributed by atoms with E-state index < -0.39 is 0 Å². The molecule has 0 amide bonds.